The summed E-state index contributed by atoms with van der Waals surface area (Å²) in [5, 5.41) is 0. The SMILES string of the molecule is CC.CC(C)N(C=O)CCOCCN(C)C=O. The molecule has 0 radical (unpaired) electrons. The number of rotatable bonds is 9. The van der Waals surface area contributed by atoms with Crippen LogP contribution in [0.1, 0.15) is 27.7 Å². The topological polar surface area (TPSA) is 49.9 Å². The smallest absolute Gasteiger partial charge is 0.210 e. The quantitative estimate of drug-likeness (QED) is 0.450. The van der Waals surface area contributed by atoms with Crippen molar-refractivity contribution in [1.29, 1.82) is 0 Å². The van der Waals surface area contributed by atoms with Crippen molar-refractivity contribution in [2.75, 3.05) is 33.4 Å². The molecule has 0 aliphatic carbocycles. The minimum absolute atomic E-state index is 0.198. The largest absolute Gasteiger partial charge is 0.378 e. The Morgan fingerprint density at radius 1 is 1.06 bits per heavy atom. The fourth-order valence-corrected chi connectivity index (χ4v) is 0.966. The molecule has 0 fully saturated rings. The van der Waals surface area contributed by atoms with Crippen LogP contribution < -0.4 is 0 Å². The first-order chi connectivity index (χ1) is 8.11. The van der Waals surface area contributed by atoms with Gasteiger partial charge in [0, 0.05) is 26.2 Å². The van der Waals surface area contributed by atoms with E-state index in [0.29, 0.717) is 26.3 Å². The molecule has 102 valence electrons. The maximum absolute atomic E-state index is 10.6. The number of hydrogen-bond acceptors (Lipinski definition) is 3. The van der Waals surface area contributed by atoms with Gasteiger partial charge in [-0.15, -0.1) is 0 Å². The van der Waals surface area contributed by atoms with E-state index in [1.807, 2.05) is 27.7 Å². The van der Waals surface area contributed by atoms with Crippen LogP contribution in [0.3, 0.4) is 0 Å². The zero-order valence-corrected chi connectivity index (χ0v) is 11.7. The van der Waals surface area contributed by atoms with Gasteiger partial charge >= 0.3 is 0 Å². The maximum Gasteiger partial charge on any atom is 0.210 e. The highest BCUT2D eigenvalue weighted by Gasteiger charge is 2.05. The van der Waals surface area contributed by atoms with Gasteiger partial charge in [0.15, 0.2) is 0 Å². The molecule has 0 aliphatic heterocycles. The van der Waals surface area contributed by atoms with E-state index in [9.17, 15) is 9.59 Å². The fourth-order valence-electron chi connectivity index (χ4n) is 0.966. The van der Waals surface area contributed by atoms with Crippen molar-refractivity contribution in [1.82, 2.24) is 9.80 Å². The third kappa shape index (κ3) is 11.2. The van der Waals surface area contributed by atoms with Crippen molar-refractivity contribution in [3.05, 3.63) is 0 Å². The molecule has 0 spiro atoms. The highest BCUT2D eigenvalue weighted by Crippen LogP contribution is 1.93. The Balaban J connectivity index is 0. The average Bonchev–Trinajstić information content (AvgIpc) is 2.35. The second-order valence-corrected chi connectivity index (χ2v) is 3.64. The standard InChI is InChI=1S/C10H20N2O3.C2H6/c1-10(2)12(9-14)5-7-15-6-4-11(3)8-13;1-2/h8-10H,4-7H2,1-3H3;1-2H3. The number of amides is 2. The maximum atomic E-state index is 10.6. The highest BCUT2D eigenvalue weighted by atomic mass is 16.5. The van der Waals surface area contributed by atoms with E-state index in [1.54, 1.807) is 11.9 Å². The molecule has 0 aliphatic rings. The van der Waals surface area contributed by atoms with Crippen LogP contribution in [0, 0.1) is 0 Å². The molecular weight excluding hydrogens is 220 g/mol. The summed E-state index contributed by atoms with van der Waals surface area (Å²) in [6.07, 6.45) is 1.58. The summed E-state index contributed by atoms with van der Waals surface area (Å²) >= 11 is 0. The second-order valence-electron chi connectivity index (χ2n) is 3.64. The molecule has 0 aromatic rings. The van der Waals surface area contributed by atoms with Crippen LogP contribution in [0.2, 0.25) is 0 Å². The summed E-state index contributed by atoms with van der Waals surface area (Å²) < 4.78 is 5.29. The van der Waals surface area contributed by atoms with E-state index in [4.69, 9.17) is 4.74 Å². The first kappa shape index (κ1) is 18.3. The van der Waals surface area contributed by atoms with Crippen molar-refractivity contribution in [3.8, 4) is 0 Å². The summed E-state index contributed by atoms with van der Waals surface area (Å²) in [6.45, 7) is 10.1. The Kier molecular flexibility index (Phi) is 13.9. The Morgan fingerprint density at radius 2 is 1.59 bits per heavy atom. The number of likely N-dealkylation sites (N-methyl/N-ethyl adjacent to an activating group) is 1. The van der Waals surface area contributed by atoms with Gasteiger partial charge in [0.25, 0.3) is 0 Å². The third-order valence-electron chi connectivity index (χ3n) is 2.06. The molecule has 0 heterocycles. The van der Waals surface area contributed by atoms with Crippen LogP contribution in [0.25, 0.3) is 0 Å². The molecule has 2 amide bonds. The van der Waals surface area contributed by atoms with Gasteiger partial charge in [-0.3, -0.25) is 9.59 Å². The molecule has 0 N–H and O–H groups in total. The molecule has 0 atom stereocenters. The van der Waals surface area contributed by atoms with Crippen LogP contribution in [-0.4, -0.2) is 62.0 Å². The molecular formula is C12H26N2O3. The van der Waals surface area contributed by atoms with Gasteiger partial charge in [-0.2, -0.15) is 0 Å². The number of hydrogen-bond donors (Lipinski definition) is 0. The van der Waals surface area contributed by atoms with Crippen LogP contribution >= 0.6 is 0 Å². The van der Waals surface area contributed by atoms with Crippen molar-refractivity contribution in [2.24, 2.45) is 0 Å². The molecule has 0 saturated heterocycles. The molecule has 0 saturated carbocycles. The third-order valence-corrected chi connectivity index (χ3v) is 2.06. The van der Waals surface area contributed by atoms with Crippen LogP contribution in [0.4, 0.5) is 0 Å². The lowest BCUT2D eigenvalue weighted by atomic mass is 10.3. The van der Waals surface area contributed by atoms with Crippen LogP contribution in [-0.2, 0) is 14.3 Å². The molecule has 0 bridgehead atoms. The van der Waals surface area contributed by atoms with E-state index in [0.717, 1.165) is 12.8 Å². The predicted molar refractivity (Wildman–Crippen MR) is 68.8 cm³/mol. The second kappa shape index (κ2) is 13.0. The summed E-state index contributed by atoms with van der Waals surface area (Å²) in [4.78, 5) is 24.0. The Morgan fingerprint density at radius 3 is 2.00 bits per heavy atom. The lowest BCUT2D eigenvalue weighted by Gasteiger charge is -2.21. The van der Waals surface area contributed by atoms with E-state index in [1.165, 1.54) is 4.90 Å². The van der Waals surface area contributed by atoms with Crippen molar-refractivity contribution in [3.63, 3.8) is 0 Å². The normalized spacial score (nSPS) is 9.29. The van der Waals surface area contributed by atoms with E-state index >= 15 is 0 Å². The van der Waals surface area contributed by atoms with E-state index in [2.05, 4.69) is 0 Å². The number of carbonyl (C=O) groups is 2. The minimum atomic E-state index is 0.198. The molecule has 0 aromatic heterocycles. The van der Waals surface area contributed by atoms with Crippen LogP contribution in [0.5, 0.6) is 0 Å². The zero-order valence-electron chi connectivity index (χ0n) is 11.7. The van der Waals surface area contributed by atoms with Gasteiger partial charge in [-0.05, 0) is 13.8 Å². The summed E-state index contributed by atoms with van der Waals surface area (Å²) in [6, 6.07) is 0.198. The molecule has 0 aromatic carbocycles. The Hall–Kier alpha value is -1.10. The van der Waals surface area contributed by atoms with Gasteiger partial charge in [0.05, 0.1) is 13.2 Å². The van der Waals surface area contributed by atoms with Crippen LogP contribution in [0.15, 0.2) is 0 Å². The van der Waals surface area contributed by atoms with Gasteiger partial charge < -0.3 is 14.5 Å². The van der Waals surface area contributed by atoms with Gasteiger partial charge in [-0.1, -0.05) is 13.8 Å². The van der Waals surface area contributed by atoms with Gasteiger partial charge in [-0.25, -0.2) is 0 Å². The summed E-state index contributed by atoms with van der Waals surface area (Å²) in [5.41, 5.74) is 0. The highest BCUT2D eigenvalue weighted by molar-refractivity contribution is 5.47. The molecule has 5 nitrogen and oxygen atoms in total. The zero-order chi connectivity index (χ0) is 13.7. The Labute approximate surface area is 105 Å². The van der Waals surface area contributed by atoms with Gasteiger partial charge in [0.1, 0.15) is 0 Å². The number of ether oxygens (including phenoxy) is 1. The summed E-state index contributed by atoms with van der Waals surface area (Å²) in [5.74, 6) is 0. The number of nitrogens with zero attached hydrogens (tertiary/aromatic N) is 2. The van der Waals surface area contributed by atoms with E-state index in [-0.39, 0.29) is 6.04 Å². The molecule has 0 unspecified atom stereocenters. The first-order valence-corrected chi connectivity index (χ1v) is 6.06. The average molecular weight is 246 g/mol. The minimum Gasteiger partial charge on any atom is -0.378 e. The lowest BCUT2D eigenvalue weighted by Crippen LogP contribution is -2.33. The van der Waals surface area contributed by atoms with E-state index < -0.39 is 0 Å². The lowest BCUT2D eigenvalue weighted by molar-refractivity contribution is -0.120. The Bertz CT molecular complexity index is 187. The molecule has 17 heavy (non-hydrogen) atoms. The van der Waals surface area contributed by atoms with Crippen molar-refractivity contribution in [2.45, 2.75) is 33.7 Å². The fraction of sp³-hybridized carbons (Fsp3) is 0.833. The molecule has 5 heteroatoms. The summed E-state index contributed by atoms with van der Waals surface area (Å²) in [7, 11) is 1.70. The first-order valence-electron chi connectivity index (χ1n) is 6.06. The van der Waals surface area contributed by atoms with Crippen molar-refractivity contribution >= 4 is 12.8 Å². The van der Waals surface area contributed by atoms with Crippen molar-refractivity contribution < 1.29 is 14.3 Å². The monoisotopic (exact) mass is 246 g/mol. The predicted octanol–water partition coefficient (Wildman–Crippen LogP) is 0.984. The van der Waals surface area contributed by atoms with Gasteiger partial charge in [0.2, 0.25) is 12.8 Å². The molecule has 0 rings (SSSR count). The number of carbonyl (C=O) groups excluding carboxylic acids is 2.